The van der Waals surface area contributed by atoms with E-state index in [4.69, 9.17) is 4.42 Å². The van der Waals surface area contributed by atoms with E-state index in [0.717, 1.165) is 17.1 Å². The molecule has 0 radical (unpaired) electrons. The standard InChI is InChI=1S/C12H18N6O.HI/c1-8-9(2)19-11(17-8)7-15-12(13-3)14-6-10-4-5-16-18-10;/h4-5H,6-7H2,1-3H3,(H,16,18)(H2,13,14,15);1H. The topological polar surface area (TPSA) is 91.1 Å². The fourth-order valence-electron chi connectivity index (χ4n) is 1.56. The Morgan fingerprint density at radius 1 is 1.35 bits per heavy atom. The molecule has 0 saturated heterocycles. The number of halogens is 1. The Kier molecular flexibility index (Phi) is 6.49. The third-order valence-corrected chi connectivity index (χ3v) is 2.71. The lowest BCUT2D eigenvalue weighted by atomic mass is 10.4. The summed E-state index contributed by atoms with van der Waals surface area (Å²) in [4.78, 5) is 8.42. The normalized spacial score (nSPS) is 11.1. The predicted molar refractivity (Wildman–Crippen MR) is 87.0 cm³/mol. The molecule has 2 aromatic rings. The molecule has 2 aromatic heterocycles. The van der Waals surface area contributed by atoms with E-state index in [1.54, 1.807) is 13.2 Å². The molecule has 0 amide bonds. The second-order valence-electron chi connectivity index (χ2n) is 4.11. The molecular formula is C12H19IN6O. The van der Waals surface area contributed by atoms with Gasteiger partial charge < -0.3 is 15.1 Å². The van der Waals surface area contributed by atoms with Crippen molar-refractivity contribution >= 4 is 29.9 Å². The zero-order chi connectivity index (χ0) is 13.7. The maximum Gasteiger partial charge on any atom is 0.214 e. The first kappa shape index (κ1) is 16.5. The van der Waals surface area contributed by atoms with E-state index in [1.165, 1.54) is 0 Å². The van der Waals surface area contributed by atoms with Crippen LogP contribution >= 0.6 is 24.0 Å². The highest BCUT2D eigenvalue weighted by molar-refractivity contribution is 14.0. The van der Waals surface area contributed by atoms with Crippen molar-refractivity contribution in [3.63, 3.8) is 0 Å². The number of oxazole rings is 1. The van der Waals surface area contributed by atoms with Crippen LogP contribution in [0.25, 0.3) is 0 Å². The van der Waals surface area contributed by atoms with Crippen LogP contribution < -0.4 is 10.6 Å². The first-order valence-corrected chi connectivity index (χ1v) is 6.04. The van der Waals surface area contributed by atoms with E-state index in [0.29, 0.717) is 24.9 Å². The zero-order valence-corrected chi connectivity index (χ0v) is 14.1. The van der Waals surface area contributed by atoms with E-state index >= 15 is 0 Å². The highest BCUT2D eigenvalue weighted by atomic mass is 127. The van der Waals surface area contributed by atoms with Crippen LogP contribution in [0.2, 0.25) is 0 Å². The number of aryl methyl sites for hydroxylation is 2. The van der Waals surface area contributed by atoms with Crippen molar-refractivity contribution in [1.29, 1.82) is 0 Å². The fourth-order valence-corrected chi connectivity index (χ4v) is 1.56. The molecule has 0 aliphatic heterocycles. The van der Waals surface area contributed by atoms with Crippen molar-refractivity contribution < 1.29 is 4.42 Å². The van der Waals surface area contributed by atoms with Gasteiger partial charge >= 0.3 is 0 Å². The quantitative estimate of drug-likeness (QED) is 0.418. The van der Waals surface area contributed by atoms with Crippen molar-refractivity contribution in [3.05, 3.63) is 35.3 Å². The van der Waals surface area contributed by atoms with Crippen LogP contribution in [0, 0.1) is 13.8 Å². The Hall–Kier alpha value is -1.58. The van der Waals surface area contributed by atoms with Crippen molar-refractivity contribution in [2.45, 2.75) is 26.9 Å². The van der Waals surface area contributed by atoms with Crippen molar-refractivity contribution in [2.24, 2.45) is 4.99 Å². The molecular weight excluding hydrogens is 371 g/mol. The van der Waals surface area contributed by atoms with E-state index in [-0.39, 0.29) is 24.0 Å². The molecule has 0 aliphatic rings. The minimum absolute atomic E-state index is 0. The Morgan fingerprint density at radius 3 is 2.65 bits per heavy atom. The Bertz CT molecular complexity index is 529. The molecule has 2 heterocycles. The second-order valence-corrected chi connectivity index (χ2v) is 4.11. The third kappa shape index (κ3) is 4.51. The van der Waals surface area contributed by atoms with Crippen LogP contribution in [-0.2, 0) is 13.1 Å². The van der Waals surface area contributed by atoms with Gasteiger partial charge in [-0.15, -0.1) is 24.0 Å². The molecule has 20 heavy (non-hydrogen) atoms. The number of H-pyrrole nitrogens is 1. The van der Waals surface area contributed by atoms with Gasteiger partial charge in [0.05, 0.1) is 24.5 Å². The molecule has 0 unspecified atom stereocenters. The summed E-state index contributed by atoms with van der Waals surface area (Å²) >= 11 is 0. The fraction of sp³-hybridized carbons (Fsp3) is 0.417. The van der Waals surface area contributed by atoms with Gasteiger partial charge in [0.2, 0.25) is 5.89 Å². The lowest BCUT2D eigenvalue weighted by Gasteiger charge is -2.09. The van der Waals surface area contributed by atoms with Gasteiger partial charge in [-0.25, -0.2) is 4.98 Å². The summed E-state index contributed by atoms with van der Waals surface area (Å²) in [6, 6.07) is 1.90. The molecule has 3 N–H and O–H groups in total. The van der Waals surface area contributed by atoms with Crippen LogP contribution in [0.3, 0.4) is 0 Å². The SMILES string of the molecule is CN=C(NCc1ccn[nH]1)NCc1nc(C)c(C)o1.I. The van der Waals surface area contributed by atoms with E-state index < -0.39 is 0 Å². The molecule has 110 valence electrons. The van der Waals surface area contributed by atoms with Crippen molar-refractivity contribution in [3.8, 4) is 0 Å². The predicted octanol–water partition coefficient (Wildman–Crippen LogP) is 1.50. The van der Waals surface area contributed by atoms with Gasteiger partial charge in [-0.2, -0.15) is 5.10 Å². The first-order chi connectivity index (χ1) is 9.19. The van der Waals surface area contributed by atoms with Crippen molar-refractivity contribution in [2.75, 3.05) is 7.05 Å². The average Bonchev–Trinajstić information content (AvgIpc) is 3.01. The maximum absolute atomic E-state index is 5.49. The number of hydrogen-bond donors (Lipinski definition) is 3. The summed E-state index contributed by atoms with van der Waals surface area (Å²) < 4.78 is 5.49. The smallest absolute Gasteiger partial charge is 0.214 e. The van der Waals surface area contributed by atoms with Gasteiger partial charge in [0.1, 0.15) is 5.76 Å². The minimum Gasteiger partial charge on any atom is -0.444 e. The summed E-state index contributed by atoms with van der Waals surface area (Å²) in [6.45, 7) is 4.95. The van der Waals surface area contributed by atoms with Crippen molar-refractivity contribution in [1.82, 2.24) is 25.8 Å². The molecule has 0 aliphatic carbocycles. The van der Waals surface area contributed by atoms with Gasteiger partial charge in [0.15, 0.2) is 5.96 Å². The highest BCUT2D eigenvalue weighted by Crippen LogP contribution is 2.07. The summed E-state index contributed by atoms with van der Waals surface area (Å²) in [6.07, 6.45) is 1.71. The van der Waals surface area contributed by atoms with E-state index in [2.05, 4.69) is 30.8 Å². The Balaban J connectivity index is 0.00000200. The van der Waals surface area contributed by atoms with Crippen LogP contribution in [0.1, 0.15) is 23.0 Å². The van der Waals surface area contributed by atoms with Crippen LogP contribution in [0.5, 0.6) is 0 Å². The summed E-state index contributed by atoms with van der Waals surface area (Å²) in [5, 5.41) is 13.1. The molecule has 8 heteroatoms. The molecule has 0 bridgehead atoms. The lowest BCUT2D eigenvalue weighted by molar-refractivity contribution is 0.463. The number of aromatic amines is 1. The van der Waals surface area contributed by atoms with Gasteiger partial charge in [-0.05, 0) is 19.9 Å². The van der Waals surface area contributed by atoms with Gasteiger partial charge in [-0.1, -0.05) is 0 Å². The summed E-state index contributed by atoms with van der Waals surface area (Å²) in [5.74, 6) is 2.18. The molecule has 0 spiro atoms. The number of hydrogen-bond acceptors (Lipinski definition) is 4. The van der Waals surface area contributed by atoms with Gasteiger partial charge in [0, 0.05) is 13.2 Å². The number of nitrogens with one attached hydrogen (secondary N) is 3. The van der Waals surface area contributed by atoms with Gasteiger partial charge in [-0.3, -0.25) is 10.1 Å². The number of guanidine groups is 1. The number of aliphatic imine (C=N–C) groups is 1. The van der Waals surface area contributed by atoms with E-state index in [1.807, 2.05) is 19.9 Å². The molecule has 0 atom stereocenters. The average molecular weight is 390 g/mol. The van der Waals surface area contributed by atoms with Crippen LogP contribution in [0.15, 0.2) is 21.7 Å². The third-order valence-electron chi connectivity index (χ3n) is 2.71. The molecule has 7 nitrogen and oxygen atoms in total. The molecule has 0 aromatic carbocycles. The minimum atomic E-state index is 0. The maximum atomic E-state index is 5.49. The van der Waals surface area contributed by atoms with Gasteiger partial charge in [0.25, 0.3) is 0 Å². The Morgan fingerprint density at radius 2 is 2.10 bits per heavy atom. The number of rotatable bonds is 4. The highest BCUT2D eigenvalue weighted by Gasteiger charge is 2.06. The monoisotopic (exact) mass is 390 g/mol. The van der Waals surface area contributed by atoms with Crippen LogP contribution in [0.4, 0.5) is 0 Å². The number of aromatic nitrogens is 3. The number of nitrogens with zero attached hydrogens (tertiary/aromatic N) is 3. The zero-order valence-electron chi connectivity index (χ0n) is 11.7. The first-order valence-electron chi connectivity index (χ1n) is 6.04. The molecule has 0 saturated carbocycles. The molecule has 2 rings (SSSR count). The Labute approximate surface area is 134 Å². The van der Waals surface area contributed by atoms with E-state index in [9.17, 15) is 0 Å². The largest absolute Gasteiger partial charge is 0.444 e. The lowest BCUT2D eigenvalue weighted by Crippen LogP contribution is -2.36. The molecule has 0 fully saturated rings. The summed E-state index contributed by atoms with van der Waals surface area (Å²) in [7, 11) is 1.72. The second kappa shape index (κ2) is 7.88. The van der Waals surface area contributed by atoms with Crippen LogP contribution in [-0.4, -0.2) is 28.2 Å². The summed E-state index contributed by atoms with van der Waals surface area (Å²) in [5.41, 5.74) is 1.91.